The minimum atomic E-state index is -0.110. The maximum atomic E-state index is 12.3. The summed E-state index contributed by atoms with van der Waals surface area (Å²) in [5, 5.41) is 0.833. The minimum Gasteiger partial charge on any atom is -0.392 e. The van der Waals surface area contributed by atoms with Crippen LogP contribution in [-0.2, 0) is 0 Å². The Morgan fingerprint density at radius 2 is 2.17 bits per heavy atom. The lowest BCUT2D eigenvalue weighted by Gasteiger charge is -2.17. The Hall–Kier alpha value is -2.01. The Balaban J connectivity index is 2.42. The maximum Gasteiger partial charge on any atom is 0.254 e. The van der Waals surface area contributed by atoms with Crippen LogP contribution >= 0.6 is 12.2 Å². The molecule has 0 radical (unpaired) electrons. The number of benzene rings is 1. The summed E-state index contributed by atoms with van der Waals surface area (Å²) < 4.78 is 0. The van der Waals surface area contributed by atoms with Crippen LogP contribution in [-0.4, -0.2) is 34.4 Å². The van der Waals surface area contributed by atoms with Gasteiger partial charge in [0.05, 0.1) is 17.0 Å². The number of hydrogen-bond donors (Lipinski definition) is 1. The first-order valence-electron chi connectivity index (χ1n) is 5.47. The van der Waals surface area contributed by atoms with Crippen molar-refractivity contribution in [3.05, 3.63) is 42.1 Å². The zero-order chi connectivity index (χ0) is 13.1. The highest BCUT2D eigenvalue weighted by atomic mass is 32.1. The predicted molar refractivity (Wildman–Crippen MR) is 75.5 cm³/mol. The Morgan fingerprint density at radius 1 is 1.39 bits per heavy atom. The van der Waals surface area contributed by atoms with E-state index in [1.165, 1.54) is 4.90 Å². The number of rotatable bonds is 3. The Bertz CT molecular complexity index is 607. The van der Waals surface area contributed by atoms with Gasteiger partial charge in [-0.25, -0.2) is 0 Å². The van der Waals surface area contributed by atoms with Crippen molar-refractivity contribution in [1.82, 2.24) is 9.88 Å². The molecular formula is C13H13N3OS. The van der Waals surface area contributed by atoms with Gasteiger partial charge in [-0.1, -0.05) is 24.4 Å². The van der Waals surface area contributed by atoms with Gasteiger partial charge in [0.1, 0.15) is 0 Å². The number of nitrogens with two attached hydrogens (primary N) is 1. The van der Waals surface area contributed by atoms with Crippen molar-refractivity contribution in [3.63, 3.8) is 0 Å². The zero-order valence-electron chi connectivity index (χ0n) is 9.96. The molecule has 1 aromatic carbocycles. The molecule has 1 amide bonds. The fourth-order valence-corrected chi connectivity index (χ4v) is 1.99. The molecule has 0 aliphatic heterocycles. The number of nitrogens with zero attached hydrogens (tertiary/aromatic N) is 2. The molecule has 92 valence electrons. The van der Waals surface area contributed by atoms with Crippen molar-refractivity contribution < 1.29 is 4.79 Å². The molecule has 0 aliphatic carbocycles. The number of pyridine rings is 1. The molecule has 4 nitrogen and oxygen atoms in total. The monoisotopic (exact) mass is 259 g/mol. The lowest BCUT2D eigenvalue weighted by molar-refractivity contribution is 0.0817. The van der Waals surface area contributed by atoms with E-state index in [1.807, 2.05) is 24.3 Å². The number of carbonyl (C=O) groups excluding carboxylic acids is 1. The maximum absolute atomic E-state index is 12.3. The number of likely N-dealkylation sites (N-methyl/N-ethyl adjacent to an activating group) is 1. The SMILES string of the molecule is CN(CC(N)=S)C(=O)c1cccc2ncccc12. The van der Waals surface area contributed by atoms with Crippen molar-refractivity contribution in [2.24, 2.45) is 5.73 Å². The number of fused-ring (bicyclic) bond motifs is 1. The van der Waals surface area contributed by atoms with Gasteiger partial charge in [-0.3, -0.25) is 9.78 Å². The van der Waals surface area contributed by atoms with Crippen LogP contribution < -0.4 is 5.73 Å². The van der Waals surface area contributed by atoms with Gasteiger partial charge in [0.25, 0.3) is 5.91 Å². The second-order valence-electron chi connectivity index (χ2n) is 4.00. The topological polar surface area (TPSA) is 59.2 Å². The lowest BCUT2D eigenvalue weighted by Crippen LogP contribution is -2.34. The van der Waals surface area contributed by atoms with E-state index in [4.69, 9.17) is 18.0 Å². The number of aromatic nitrogens is 1. The number of carbonyl (C=O) groups is 1. The fourth-order valence-electron chi connectivity index (χ4n) is 1.80. The van der Waals surface area contributed by atoms with E-state index in [-0.39, 0.29) is 12.5 Å². The number of hydrogen-bond acceptors (Lipinski definition) is 3. The first kappa shape index (κ1) is 12.4. The van der Waals surface area contributed by atoms with Crippen LogP contribution in [0.15, 0.2) is 36.5 Å². The molecule has 0 saturated heterocycles. The molecule has 0 atom stereocenters. The third kappa shape index (κ3) is 2.46. The van der Waals surface area contributed by atoms with Gasteiger partial charge in [-0.15, -0.1) is 0 Å². The highest BCUT2D eigenvalue weighted by Crippen LogP contribution is 2.17. The van der Waals surface area contributed by atoms with E-state index in [0.717, 1.165) is 10.9 Å². The van der Waals surface area contributed by atoms with Crippen LogP contribution in [0.4, 0.5) is 0 Å². The van der Waals surface area contributed by atoms with Gasteiger partial charge in [-0.05, 0) is 18.2 Å². The molecule has 0 bridgehead atoms. The summed E-state index contributed by atoms with van der Waals surface area (Å²) in [5.41, 5.74) is 6.86. The van der Waals surface area contributed by atoms with Crippen LogP contribution in [0.3, 0.4) is 0 Å². The largest absolute Gasteiger partial charge is 0.392 e. The summed E-state index contributed by atoms with van der Waals surface area (Å²) in [6.45, 7) is 0.269. The third-order valence-corrected chi connectivity index (χ3v) is 2.74. The van der Waals surface area contributed by atoms with Gasteiger partial charge < -0.3 is 10.6 Å². The molecule has 0 saturated carbocycles. The second kappa shape index (κ2) is 5.10. The smallest absolute Gasteiger partial charge is 0.254 e. The van der Waals surface area contributed by atoms with Gasteiger partial charge in [-0.2, -0.15) is 0 Å². The normalized spacial score (nSPS) is 10.3. The summed E-state index contributed by atoms with van der Waals surface area (Å²) in [6, 6.07) is 9.16. The summed E-state index contributed by atoms with van der Waals surface area (Å²) in [7, 11) is 1.68. The molecule has 2 rings (SSSR count). The zero-order valence-corrected chi connectivity index (χ0v) is 10.8. The molecule has 0 aliphatic rings. The Morgan fingerprint density at radius 3 is 2.89 bits per heavy atom. The standard InChI is InChI=1S/C13H13N3OS/c1-16(8-12(14)18)13(17)10-4-2-6-11-9(10)5-3-7-15-11/h2-7H,8H2,1H3,(H2,14,18). The van der Waals surface area contributed by atoms with Gasteiger partial charge >= 0.3 is 0 Å². The van der Waals surface area contributed by atoms with Crippen LogP contribution in [0.5, 0.6) is 0 Å². The molecule has 2 N–H and O–H groups in total. The van der Waals surface area contributed by atoms with E-state index >= 15 is 0 Å². The quantitative estimate of drug-likeness (QED) is 0.850. The first-order chi connectivity index (χ1) is 8.59. The Kier molecular flexibility index (Phi) is 3.53. The highest BCUT2D eigenvalue weighted by molar-refractivity contribution is 7.80. The van der Waals surface area contributed by atoms with Crippen molar-refractivity contribution in [3.8, 4) is 0 Å². The van der Waals surface area contributed by atoms with Gasteiger partial charge in [0.15, 0.2) is 0 Å². The Labute approximate surface area is 110 Å². The van der Waals surface area contributed by atoms with E-state index in [2.05, 4.69) is 4.98 Å². The van der Waals surface area contributed by atoms with Gasteiger partial charge in [0, 0.05) is 24.2 Å². The second-order valence-corrected chi connectivity index (χ2v) is 4.53. The summed E-state index contributed by atoms with van der Waals surface area (Å²) in [5.74, 6) is -0.110. The number of thiocarbonyl (C=S) groups is 1. The molecule has 0 fully saturated rings. The molecular weight excluding hydrogens is 246 g/mol. The van der Waals surface area contributed by atoms with Crippen LogP contribution in [0.2, 0.25) is 0 Å². The van der Waals surface area contributed by atoms with Crippen molar-refractivity contribution in [2.45, 2.75) is 0 Å². The van der Waals surface area contributed by atoms with Crippen LogP contribution in [0, 0.1) is 0 Å². The molecule has 0 spiro atoms. The molecule has 18 heavy (non-hydrogen) atoms. The van der Waals surface area contributed by atoms with E-state index in [1.54, 1.807) is 19.3 Å². The summed E-state index contributed by atoms with van der Waals surface area (Å²) in [6.07, 6.45) is 1.70. The average molecular weight is 259 g/mol. The predicted octanol–water partition coefficient (Wildman–Crippen LogP) is 1.59. The van der Waals surface area contributed by atoms with Crippen molar-refractivity contribution in [2.75, 3.05) is 13.6 Å². The summed E-state index contributed by atoms with van der Waals surface area (Å²) >= 11 is 4.81. The van der Waals surface area contributed by atoms with E-state index < -0.39 is 0 Å². The van der Waals surface area contributed by atoms with Crippen molar-refractivity contribution in [1.29, 1.82) is 0 Å². The van der Waals surface area contributed by atoms with Crippen LogP contribution in [0.1, 0.15) is 10.4 Å². The number of amides is 1. The minimum absolute atomic E-state index is 0.110. The van der Waals surface area contributed by atoms with E-state index in [0.29, 0.717) is 10.6 Å². The van der Waals surface area contributed by atoms with Crippen molar-refractivity contribution >= 4 is 34.0 Å². The average Bonchev–Trinajstić information content (AvgIpc) is 2.36. The summed E-state index contributed by atoms with van der Waals surface area (Å²) in [4.78, 5) is 18.3. The third-order valence-electron chi connectivity index (χ3n) is 2.62. The molecule has 1 heterocycles. The molecule has 2 aromatic rings. The highest BCUT2D eigenvalue weighted by Gasteiger charge is 2.15. The molecule has 1 aromatic heterocycles. The lowest BCUT2D eigenvalue weighted by atomic mass is 10.1. The first-order valence-corrected chi connectivity index (χ1v) is 5.88. The molecule has 0 unspecified atom stereocenters. The fraction of sp³-hybridized carbons (Fsp3) is 0.154. The van der Waals surface area contributed by atoms with Crippen LogP contribution in [0.25, 0.3) is 10.9 Å². The van der Waals surface area contributed by atoms with E-state index in [9.17, 15) is 4.79 Å². The van der Waals surface area contributed by atoms with Gasteiger partial charge in [0.2, 0.25) is 0 Å². The molecule has 5 heteroatoms.